The number of carbonyl (C=O) groups excluding carboxylic acids is 1. The molecule has 5 nitrogen and oxygen atoms in total. The van der Waals surface area contributed by atoms with Crippen LogP contribution < -0.4 is 0 Å². The zero-order chi connectivity index (χ0) is 15.7. The Morgan fingerprint density at radius 2 is 1.91 bits per heavy atom. The zero-order valence-electron chi connectivity index (χ0n) is 12.6. The molecule has 3 heterocycles. The van der Waals surface area contributed by atoms with Gasteiger partial charge in [-0.1, -0.05) is 0 Å². The van der Waals surface area contributed by atoms with Crippen molar-refractivity contribution in [3.63, 3.8) is 0 Å². The van der Waals surface area contributed by atoms with Crippen LogP contribution in [-0.2, 0) is 6.54 Å². The van der Waals surface area contributed by atoms with E-state index in [1.165, 1.54) is 11.3 Å². The van der Waals surface area contributed by atoms with Crippen molar-refractivity contribution >= 4 is 17.2 Å². The Kier molecular flexibility index (Phi) is 3.85. The standard InChI is InChI=1S/C16H16N2O3S/c1-10-4-6-12(20-10)8-18(3)16(19)13-9-22-15(17-13)14-7-5-11(2)21-14/h4-7,9H,8H2,1-3H3. The van der Waals surface area contributed by atoms with Crippen LogP contribution >= 0.6 is 11.3 Å². The van der Waals surface area contributed by atoms with Gasteiger partial charge in [0.2, 0.25) is 0 Å². The summed E-state index contributed by atoms with van der Waals surface area (Å²) in [6, 6.07) is 7.49. The number of rotatable bonds is 4. The lowest BCUT2D eigenvalue weighted by molar-refractivity contribution is 0.0770. The summed E-state index contributed by atoms with van der Waals surface area (Å²) in [5, 5.41) is 2.46. The van der Waals surface area contributed by atoms with Crippen LogP contribution in [0.5, 0.6) is 0 Å². The number of amides is 1. The molecule has 0 aliphatic heterocycles. The molecular weight excluding hydrogens is 300 g/mol. The third kappa shape index (κ3) is 2.96. The second kappa shape index (κ2) is 5.81. The van der Waals surface area contributed by atoms with Crippen LogP contribution in [-0.4, -0.2) is 22.8 Å². The predicted molar refractivity (Wildman–Crippen MR) is 83.8 cm³/mol. The molecule has 0 saturated carbocycles. The van der Waals surface area contributed by atoms with Crippen LogP contribution in [0.4, 0.5) is 0 Å². The summed E-state index contributed by atoms with van der Waals surface area (Å²) < 4.78 is 11.0. The van der Waals surface area contributed by atoms with Crippen molar-refractivity contribution < 1.29 is 13.6 Å². The fourth-order valence-electron chi connectivity index (χ4n) is 2.11. The molecule has 3 aromatic rings. The van der Waals surface area contributed by atoms with Crippen molar-refractivity contribution in [2.45, 2.75) is 20.4 Å². The summed E-state index contributed by atoms with van der Waals surface area (Å²) >= 11 is 1.40. The molecule has 0 aromatic carbocycles. The molecule has 6 heteroatoms. The number of hydrogen-bond acceptors (Lipinski definition) is 5. The SMILES string of the molecule is Cc1ccc(CN(C)C(=O)c2csc(-c3ccc(C)o3)n2)o1. The van der Waals surface area contributed by atoms with Gasteiger partial charge < -0.3 is 13.7 Å². The fourth-order valence-corrected chi connectivity index (χ4v) is 2.86. The minimum absolute atomic E-state index is 0.139. The second-order valence-corrected chi connectivity index (χ2v) is 5.98. The molecule has 0 N–H and O–H groups in total. The Morgan fingerprint density at radius 3 is 2.55 bits per heavy atom. The molecule has 0 unspecified atom stereocenters. The maximum absolute atomic E-state index is 12.4. The van der Waals surface area contributed by atoms with E-state index in [4.69, 9.17) is 8.83 Å². The molecule has 1 amide bonds. The van der Waals surface area contributed by atoms with Crippen LogP contribution in [0.3, 0.4) is 0 Å². The Balaban J connectivity index is 1.73. The molecule has 0 saturated heterocycles. The first-order valence-corrected chi connectivity index (χ1v) is 7.74. The number of furan rings is 2. The number of nitrogens with zero attached hydrogens (tertiary/aromatic N) is 2. The summed E-state index contributed by atoms with van der Waals surface area (Å²) in [6.45, 7) is 4.17. The second-order valence-electron chi connectivity index (χ2n) is 5.12. The van der Waals surface area contributed by atoms with Crippen molar-refractivity contribution in [2.75, 3.05) is 7.05 Å². The molecule has 3 rings (SSSR count). The van der Waals surface area contributed by atoms with E-state index in [9.17, 15) is 4.79 Å². The highest BCUT2D eigenvalue weighted by molar-refractivity contribution is 7.13. The van der Waals surface area contributed by atoms with E-state index in [1.807, 2.05) is 38.1 Å². The average molecular weight is 316 g/mol. The van der Waals surface area contributed by atoms with Crippen molar-refractivity contribution in [2.24, 2.45) is 0 Å². The highest BCUT2D eigenvalue weighted by Crippen LogP contribution is 2.26. The number of aryl methyl sites for hydroxylation is 2. The van der Waals surface area contributed by atoms with Gasteiger partial charge in [0.25, 0.3) is 5.91 Å². The molecule has 3 aromatic heterocycles. The topological polar surface area (TPSA) is 59.5 Å². The lowest BCUT2D eigenvalue weighted by Crippen LogP contribution is -2.26. The molecule has 0 aliphatic carbocycles. The predicted octanol–water partition coefficient (Wildman–Crippen LogP) is 3.89. The van der Waals surface area contributed by atoms with Gasteiger partial charge in [-0.2, -0.15) is 0 Å². The van der Waals surface area contributed by atoms with E-state index in [0.29, 0.717) is 23.0 Å². The smallest absolute Gasteiger partial charge is 0.273 e. The molecule has 0 radical (unpaired) electrons. The molecule has 114 valence electrons. The summed E-state index contributed by atoms with van der Waals surface area (Å²) in [5.41, 5.74) is 0.417. The lowest BCUT2D eigenvalue weighted by Gasteiger charge is -2.13. The van der Waals surface area contributed by atoms with E-state index in [-0.39, 0.29) is 5.91 Å². The van der Waals surface area contributed by atoms with Crippen molar-refractivity contribution in [3.05, 3.63) is 52.6 Å². The highest BCUT2D eigenvalue weighted by atomic mass is 32.1. The van der Waals surface area contributed by atoms with Crippen molar-refractivity contribution in [3.8, 4) is 10.8 Å². The third-order valence-electron chi connectivity index (χ3n) is 3.21. The number of thiazole rings is 1. The normalized spacial score (nSPS) is 10.9. The van der Waals surface area contributed by atoms with E-state index < -0.39 is 0 Å². The van der Waals surface area contributed by atoms with E-state index >= 15 is 0 Å². The summed E-state index contributed by atoms with van der Waals surface area (Å²) in [5.74, 6) is 2.96. The maximum Gasteiger partial charge on any atom is 0.273 e. The van der Waals surface area contributed by atoms with Crippen LogP contribution in [0.2, 0.25) is 0 Å². The molecular formula is C16H16N2O3S. The Labute approximate surface area is 132 Å². The first kappa shape index (κ1) is 14.6. The molecule has 22 heavy (non-hydrogen) atoms. The summed E-state index contributed by atoms with van der Waals surface area (Å²) in [7, 11) is 1.73. The van der Waals surface area contributed by atoms with Crippen LogP contribution in [0.1, 0.15) is 27.8 Å². The van der Waals surface area contributed by atoms with Gasteiger partial charge in [0.05, 0.1) is 6.54 Å². The zero-order valence-corrected chi connectivity index (χ0v) is 13.4. The van der Waals surface area contributed by atoms with E-state index in [2.05, 4.69) is 4.98 Å². The van der Waals surface area contributed by atoms with Gasteiger partial charge in [-0.25, -0.2) is 4.98 Å². The Morgan fingerprint density at radius 1 is 1.18 bits per heavy atom. The first-order chi connectivity index (χ1) is 10.5. The van der Waals surface area contributed by atoms with Gasteiger partial charge in [0, 0.05) is 12.4 Å². The number of aromatic nitrogens is 1. The van der Waals surface area contributed by atoms with Crippen LogP contribution in [0.25, 0.3) is 10.8 Å². The van der Waals surface area contributed by atoms with Crippen molar-refractivity contribution in [1.29, 1.82) is 0 Å². The van der Waals surface area contributed by atoms with Crippen LogP contribution in [0.15, 0.2) is 38.5 Å². The molecule has 0 fully saturated rings. The van der Waals surface area contributed by atoms with Crippen molar-refractivity contribution in [1.82, 2.24) is 9.88 Å². The average Bonchev–Trinajstić information content (AvgIpc) is 3.19. The van der Waals surface area contributed by atoms with Crippen LogP contribution in [0, 0.1) is 13.8 Å². The minimum atomic E-state index is -0.139. The maximum atomic E-state index is 12.4. The molecule has 0 bridgehead atoms. The van der Waals surface area contributed by atoms with E-state index in [0.717, 1.165) is 17.3 Å². The van der Waals surface area contributed by atoms with Gasteiger partial charge in [0.15, 0.2) is 10.8 Å². The lowest BCUT2D eigenvalue weighted by atomic mass is 10.3. The number of carbonyl (C=O) groups is 1. The number of hydrogen-bond donors (Lipinski definition) is 0. The van der Waals surface area contributed by atoms with Gasteiger partial charge in [-0.15, -0.1) is 11.3 Å². The van der Waals surface area contributed by atoms with Gasteiger partial charge in [0.1, 0.15) is 23.0 Å². The minimum Gasteiger partial charge on any atom is -0.464 e. The Hall–Kier alpha value is -2.34. The molecule has 0 spiro atoms. The Bertz CT molecular complexity index is 800. The fraction of sp³-hybridized carbons (Fsp3) is 0.250. The van der Waals surface area contributed by atoms with E-state index in [1.54, 1.807) is 17.3 Å². The van der Waals surface area contributed by atoms with Gasteiger partial charge in [-0.05, 0) is 38.1 Å². The molecule has 0 aliphatic rings. The highest BCUT2D eigenvalue weighted by Gasteiger charge is 2.18. The third-order valence-corrected chi connectivity index (χ3v) is 4.07. The largest absolute Gasteiger partial charge is 0.464 e. The summed E-state index contributed by atoms with van der Waals surface area (Å²) in [4.78, 5) is 18.4. The van der Waals surface area contributed by atoms with Gasteiger partial charge >= 0.3 is 0 Å². The quantitative estimate of drug-likeness (QED) is 0.733. The first-order valence-electron chi connectivity index (χ1n) is 6.86. The molecule has 0 atom stereocenters. The van der Waals surface area contributed by atoms with Gasteiger partial charge in [-0.3, -0.25) is 4.79 Å². The monoisotopic (exact) mass is 316 g/mol. The summed E-state index contributed by atoms with van der Waals surface area (Å²) in [6.07, 6.45) is 0.